The van der Waals surface area contributed by atoms with Gasteiger partial charge in [-0.2, -0.15) is 4.68 Å². The van der Waals surface area contributed by atoms with Gasteiger partial charge in [-0.25, -0.2) is 4.79 Å². The van der Waals surface area contributed by atoms with Crippen molar-refractivity contribution in [3.8, 4) is 0 Å². The van der Waals surface area contributed by atoms with E-state index in [1.165, 1.54) is 7.11 Å². The minimum absolute atomic E-state index is 0.159. The minimum atomic E-state index is -1.26. The molecule has 0 amide bonds. The van der Waals surface area contributed by atoms with E-state index in [4.69, 9.17) is 9.84 Å². The van der Waals surface area contributed by atoms with E-state index in [2.05, 4.69) is 5.10 Å². The number of hydrogen-bond donors (Lipinski definition) is 1. The fourth-order valence-electron chi connectivity index (χ4n) is 1.01. The van der Waals surface area contributed by atoms with Gasteiger partial charge in [0.05, 0.1) is 24.3 Å². The number of methoxy groups -OCH3 is 1. The Morgan fingerprint density at radius 3 is 2.93 bits per heavy atom. The predicted molar refractivity (Wildman–Crippen MR) is 47.7 cm³/mol. The second kappa shape index (κ2) is 4.51. The monoisotopic (exact) mass is 215 g/mol. The van der Waals surface area contributed by atoms with Crippen LogP contribution in [0.1, 0.15) is 10.5 Å². The van der Waals surface area contributed by atoms with Gasteiger partial charge in [-0.1, -0.05) is 0 Å². The van der Waals surface area contributed by atoms with E-state index >= 15 is 0 Å². The first-order valence-electron chi connectivity index (χ1n) is 4.00. The zero-order chi connectivity index (χ0) is 11.4. The van der Waals surface area contributed by atoms with E-state index in [0.29, 0.717) is 0 Å². The molecule has 15 heavy (non-hydrogen) atoms. The van der Waals surface area contributed by atoms with Crippen LogP contribution in [0.15, 0.2) is 6.07 Å². The summed E-state index contributed by atoms with van der Waals surface area (Å²) in [4.78, 5) is 20.3. The molecule has 0 aliphatic carbocycles. The molecule has 1 heterocycles. The molecule has 0 aliphatic heterocycles. The molecule has 8 nitrogen and oxygen atoms in total. The van der Waals surface area contributed by atoms with Crippen molar-refractivity contribution in [2.45, 2.75) is 6.54 Å². The SMILES string of the molecule is COCCn1nc([N+](=O)[O-])cc1C(=O)O. The molecule has 0 aromatic carbocycles. The number of ether oxygens (including phenoxy) is 1. The van der Waals surface area contributed by atoms with Crippen LogP contribution in [0.25, 0.3) is 0 Å². The third kappa shape index (κ3) is 2.50. The van der Waals surface area contributed by atoms with Gasteiger partial charge in [0.1, 0.15) is 0 Å². The van der Waals surface area contributed by atoms with Gasteiger partial charge in [-0.3, -0.25) is 0 Å². The largest absolute Gasteiger partial charge is 0.476 e. The van der Waals surface area contributed by atoms with Crippen LogP contribution < -0.4 is 0 Å². The molecule has 0 spiro atoms. The number of hydrogen-bond acceptors (Lipinski definition) is 5. The van der Waals surface area contributed by atoms with Crippen LogP contribution in [0.4, 0.5) is 5.82 Å². The predicted octanol–water partition coefficient (Wildman–Crippen LogP) is 0.136. The number of aromatic nitrogens is 2. The fraction of sp³-hybridized carbons (Fsp3) is 0.429. The lowest BCUT2D eigenvalue weighted by molar-refractivity contribution is -0.389. The van der Waals surface area contributed by atoms with E-state index in [-0.39, 0.29) is 18.8 Å². The van der Waals surface area contributed by atoms with E-state index in [0.717, 1.165) is 10.7 Å². The Kier molecular flexibility index (Phi) is 3.34. The maximum Gasteiger partial charge on any atom is 0.390 e. The fourth-order valence-corrected chi connectivity index (χ4v) is 1.01. The van der Waals surface area contributed by atoms with Crippen molar-refractivity contribution < 1.29 is 19.6 Å². The molecule has 0 unspecified atom stereocenters. The van der Waals surface area contributed by atoms with Crippen molar-refractivity contribution in [1.82, 2.24) is 9.78 Å². The summed E-state index contributed by atoms with van der Waals surface area (Å²) in [6.45, 7) is 0.394. The zero-order valence-corrected chi connectivity index (χ0v) is 7.91. The molecule has 0 aliphatic rings. The van der Waals surface area contributed by atoms with Crippen molar-refractivity contribution in [3.63, 3.8) is 0 Å². The molecule has 0 fully saturated rings. The average molecular weight is 215 g/mol. The highest BCUT2D eigenvalue weighted by Gasteiger charge is 2.22. The van der Waals surface area contributed by atoms with Crippen LogP contribution in [-0.2, 0) is 11.3 Å². The molecule has 1 aromatic heterocycles. The molecular weight excluding hydrogens is 206 g/mol. The van der Waals surface area contributed by atoms with Gasteiger partial charge in [0.15, 0.2) is 5.69 Å². The number of nitrogens with zero attached hydrogens (tertiary/aromatic N) is 3. The van der Waals surface area contributed by atoms with Crippen LogP contribution in [0, 0.1) is 10.1 Å². The van der Waals surface area contributed by atoms with E-state index < -0.39 is 16.7 Å². The second-order valence-corrected chi connectivity index (χ2v) is 2.67. The van der Waals surface area contributed by atoms with Gasteiger partial charge in [0.2, 0.25) is 0 Å². The van der Waals surface area contributed by atoms with E-state index in [9.17, 15) is 14.9 Å². The first kappa shape index (κ1) is 11.1. The third-order valence-electron chi connectivity index (χ3n) is 1.68. The lowest BCUT2D eigenvalue weighted by atomic mass is 10.4. The van der Waals surface area contributed by atoms with Crippen molar-refractivity contribution >= 4 is 11.8 Å². The minimum Gasteiger partial charge on any atom is -0.476 e. The smallest absolute Gasteiger partial charge is 0.390 e. The number of rotatable bonds is 5. The molecule has 1 aromatic rings. The lowest BCUT2D eigenvalue weighted by Gasteiger charge is -1.97. The van der Waals surface area contributed by atoms with Crippen LogP contribution in [0.3, 0.4) is 0 Å². The van der Waals surface area contributed by atoms with Gasteiger partial charge < -0.3 is 20.0 Å². The van der Waals surface area contributed by atoms with Crippen molar-refractivity contribution in [1.29, 1.82) is 0 Å². The number of carboxylic acid groups (broad SMARTS) is 1. The maximum atomic E-state index is 10.7. The average Bonchev–Trinajstić information content (AvgIpc) is 2.58. The number of aromatic carboxylic acids is 1. The Morgan fingerprint density at radius 2 is 2.47 bits per heavy atom. The van der Waals surface area contributed by atoms with Gasteiger partial charge >= 0.3 is 11.8 Å². The van der Waals surface area contributed by atoms with E-state index in [1.54, 1.807) is 0 Å². The summed E-state index contributed by atoms with van der Waals surface area (Å²) in [5, 5.41) is 22.6. The van der Waals surface area contributed by atoms with Gasteiger partial charge in [-0.05, 0) is 4.92 Å². The second-order valence-electron chi connectivity index (χ2n) is 2.67. The van der Waals surface area contributed by atoms with Crippen LogP contribution in [0.5, 0.6) is 0 Å². The summed E-state index contributed by atoms with van der Waals surface area (Å²) in [5.74, 6) is -1.74. The molecule has 1 N–H and O–H groups in total. The summed E-state index contributed by atoms with van der Waals surface area (Å²) in [5.41, 5.74) is -0.223. The van der Waals surface area contributed by atoms with E-state index in [1.807, 2.05) is 0 Å². The highest BCUT2D eigenvalue weighted by molar-refractivity contribution is 5.86. The topological polar surface area (TPSA) is 107 Å². The Bertz CT molecular complexity index is 386. The molecule has 0 saturated carbocycles. The first-order valence-corrected chi connectivity index (χ1v) is 4.00. The Hall–Kier alpha value is -1.96. The highest BCUT2D eigenvalue weighted by Crippen LogP contribution is 2.11. The third-order valence-corrected chi connectivity index (χ3v) is 1.68. The molecule has 0 saturated heterocycles. The molecule has 0 bridgehead atoms. The molecule has 8 heteroatoms. The quantitative estimate of drug-likeness (QED) is 0.552. The van der Waals surface area contributed by atoms with Gasteiger partial charge in [-0.15, -0.1) is 0 Å². The zero-order valence-electron chi connectivity index (χ0n) is 7.91. The number of carbonyl (C=O) groups is 1. The molecule has 1 rings (SSSR count). The molecule has 82 valence electrons. The Balaban J connectivity index is 3.00. The molecular formula is C7H9N3O5. The van der Waals surface area contributed by atoms with Crippen molar-refractivity contribution in [3.05, 3.63) is 21.9 Å². The summed E-state index contributed by atoms with van der Waals surface area (Å²) < 4.78 is 5.76. The van der Waals surface area contributed by atoms with Crippen LogP contribution in [-0.4, -0.2) is 39.5 Å². The molecule has 0 atom stereocenters. The van der Waals surface area contributed by atoms with Crippen LogP contribution in [0.2, 0.25) is 0 Å². The number of nitro groups is 1. The Morgan fingerprint density at radius 1 is 1.80 bits per heavy atom. The maximum absolute atomic E-state index is 10.7. The molecule has 0 radical (unpaired) electrons. The lowest BCUT2D eigenvalue weighted by Crippen LogP contribution is -2.13. The first-order chi connectivity index (χ1) is 7.06. The van der Waals surface area contributed by atoms with Crippen LogP contribution >= 0.6 is 0 Å². The highest BCUT2D eigenvalue weighted by atomic mass is 16.6. The van der Waals surface area contributed by atoms with Crippen molar-refractivity contribution in [2.24, 2.45) is 0 Å². The summed E-state index contributed by atoms with van der Waals surface area (Å²) >= 11 is 0. The Labute approximate surface area is 84.2 Å². The number of carboxylic acids is 1. The van der Waals surface area contributed by atoms with Crippen molar-refractivity contribution in [2.75, 3.05) is 13.7 Å². The summed E-state index contributed by atoms with van der Waals surface area (Å²) in [6, 6.07) is 0.915. The summed E-state index contributed by atoms with van der Waals surface area (Å²) in [6.07, 6.45) is 0. The standard InChI is InChI=1S/C7H9N3O5/c1-15-3-2-9-5(7(11)12)4-6(8-9)10(13)14/h4H,2-3H2,1H3,(H,11,12). The van der Waals surface area contributed by atoms with Gasteiger partial charge in [0, 0.05) is 7.11 Å². The summed E-state index contributed by atoms with van der Waals surface area (Å²) in [7, 11) is 1.44. The van der Waals surface area contributed by atoms with Gasteiger partial charge in [0.25, 0.3) is 0 Å². The normalized spacial score (nSPS) is 10.2.